The number of rotatable bonds is 4. The molecule has 0 heterocycles. The lowest BCUT2D eigenvalue weighted by Crippen LogP contribution is -2.07. The van der Waals surface area contributed by atoms with Gasteiger partial charge in [0.05, 0.1) is 5.69 Å². The molecule has 3 aromatic carbocycles. The SMILES string of the molecule is CC(=O)Nc1ccc(-c2cccc(-c3ccc(NC(C)=O)c(F)c3)c2O)cc1. The number of halogens is 1. The first-order valence-electron chi connectivity index (χ1n) is 8.62. The fraction of sp³-hybridized carbons (Fsp3) is 0.0909. The Morgan fingerprint density at radius 1 is 0.821 bits per heavy atom. The second-order valence-electron chi connectivity index (χ2n) is 6.34. The van der Waals surface area contributed by atoms with Crippen molar-refractivity contribution in [1.29, 1.82) is 0 Å². The molecule has 0 aromatic heterocycles. The number of hydrogen-bond donors (Lipinski definition) is 3. The fourth-order valence-corrected chi connectivity index (χ4v) is 2.92. The number of phenolic OH excluding ortho intramolecular Hbond substituents is 1. The van der Waals surface area contributed by atoms with Gasteiger partial charge in [0, 0.05) is 30.7 Å². The van der Waals surface area contributed by atoms with Crippen molar-refractivity contribution in [2.24, 2.45) is 0 Å². The van der Waals surface area contributed by atoms with E-state index >= 15 is 0 Å². The molecule has 3 N–H and O–H groups in total. The van der Waals surface area contributed by atoms with Crippen molar-refractivity contribution in [3.05, 3.63) is 66.5 Å². The number of anilines is 2. The van der Waals surface area contributed by atoms with Gasteiger partial charge in [0.1, 0.15) is 11.6 Å². The Bertz CT molecular complexity index is 1050. The Hall–Kier alpha value is -3.67. The van der Waals surface area contributed by atoms with Crippen LogP contribution in [-0.2, 0) is 9.59 Å². The summed E-state index contributed by atoms with van der Waals surface area (Å²) >= 11 is 0. The number of phenols is 1. The number of nitrogens with one attached hydrogen (secondary N) is 2. The molecule has 0 spiro atoms. The minimum Gasteiger partial charge on any atom is -0.507 e. The molecule has 2 amide bonds. The summed E-state index contributed by atoms with van der Waals surface area (Å²) in [5.41, 5.74) is 3.03. The van der Waals surface area contributed by atoms with E-state index in [0.29, 0.717) is 22.4 Å². The van der Waals surface area contributed by atoms with Crippen LogP contribution in [0.5, 0.6) is 5.75 Å². The lowest BCUT2D eigenvalue weighted by atomic mass is 9.97. The maximum atomic E-state index is 14.3. The van der Waals surface area contributed by atoms with Gasteiger partial charge in [0.2, 0.25) is 11.8 Å². The average Bonchev–Trinajstić information content (AvgIpc) is 2.64. The van der Waals surface area contributed by atoms with E-state index in [-0.39, 0.29) is 23.3 Å². The summed E-state index contributed by atoms with van der Waals surface area (Å²) < 4.78 is 14.3. The van der Waals surface area contributed by atoms with Gasteiger partial charge in [-0.1, -0.05) is 36.4 Å². The van der Waals surface area contributed by atoms with Gasteiger partial charge >= 0.3 is 0 Å². The van der Waals surface area contributed by atoms with E-state index in [4.69, 9.17) is 0 Å². The van der Waals surface area contributed by atoms with Gasteiger partial charge in [-0.25, -0.2) is 4.39 Å². The van der Waals surface area contributed by atoms with Gasteiger partial charge in [-0.05, 0) is 35.4 Å². The van der Waals surface area contributed by atoms with Crippen LogP contribution in [0.2, 0.25) is 0 Å². The van der Waals surface area contributed by atoms with Crippen LogP contribution in [0.4, 0.5) is 15.8 Å². The lowest BCUT2D eigenvalue weighted by molar-refractivity contribution is -0.115. The van der Waals surface area contributed by atoms with Crippen molar-refractivity contribution in [2.75, 3.05) is 10.6 Å². The molecule has 0 fully saturated rings. The highest BCUT2D eigenvalue weighted by Crippen LogP contribution is 2.39. The molecular weight excluding hydrogens is 359 g/mol. The van der Waals surface area contributed by atoms with Crippen LogP contribution in [0.3, 0.4) is 0 Å². The quantitative estimate of drug-likeness (QED) is 0.611. The number of hydrogen-bond acceptors (Lipinski definition) is 3. The van der Waals surface area contributed by atoms with Gasteiger partial charge < -0.3 is 15.7 Å². The monoisotopic (exact) mass is 378 g/mol. The zero-order chi connectivity index (χ0) is 20.3. The Morgan fingerprint density at radius 2 is 1.39 bits per heavy atom. The number of carbonyl (C=O) groups is 2. The molecule has 0 radical (unpaired) electrons. The second-order valence-corrected chi connectivity index (χ2v) is 6.34. The summed E-state index contributed by atoms with van der Waals surface area (Å²) in [5.74, 6) is -1.10. The number of amides is 2. The van der Waals surface area contributed by atoms with Gasteiger partial charge in [0.15, 0.2) is 0 Å². The van der Waals surface area contributed by atoms with Crippen molar-refractivity contribution in [3.8, 4) is 28.0 Å². The summed E-state index contributed by atoms with van der Waals surface area (Å²) in [7, 11) is 0. The van der Waals surface area contributed by atoms with Crippen LogP contribution < -0.4 is 10.6 Å². The van der Waals surface area contributed by atoms with E-state index in [1.54, 1.807) is 48.5 Å². The predicted molar refractivity (Wildman–Crippen MR) is 108 cm³/mol. The van der Waals surface area contributed by atoms with E-state index in [9.17, 15) is 19.1 Å². The molecule has 0 saturated carbocycles. The van der Waals surface area contributed by atoms with E-state index < -0.39 is 5.82 Å². The summed E-state index contributed by atoms with van der Waals surface area (Å²) in [5, 5.41) is 15.9. The summed E-state index contributed by atoms with van der Waals surface area (Å²) in [4.78, 5) is 22.2. The summed E-state index contributed by atoms with van der Waals surface area (Å²) in [6.07, 6.45) is 0. The smallest absolute Gasteiger partial charge is 0.221 e. The van der Waals surface area contributed by atoms with Crippen LogP contribution in [0.1, 0.15) is 13.8 Å². The highest BCUT2D eigenvalue weighted by molar-refractivity contribution is 5.90. The molecule has 28 heavy (non-hydrogen) atoms. The molecular formula is C22H19FN2O3. The van der Waals surface area contributed by atoms with E-state index in [1.807, 2.05) is 0 Å². The first-order valence-corrected chi connectivity index (χ1v) is 8.62. The minimum atomic E-state index is -0.586. The van der Waals surface area contributed by atoms with Crippen LogP contribution in [0.25, 0.3) is 22.3 Å². The van der Waals surface area contributed by atoms with Gasteiger partial charge in [-0.2, -0.15) is 0 Å². The second kappa shape index (κ2) is 7.92. The third kappa shape index (κ3) is 4.17. The fourth-order valence-electron chi connectivity index (χ4n) is 2.92. The van der Waals surface area contributed by atoms with Crippen LogP contribution in [0.15, 0.2) is 60.7 Å². The summed E-state index contributed by atoms with van der Waals surface area (Å²) in [6, 6.07) is 16.6. The van der Waals surface area contributed by atoms with Crippen LogP contribution in [0, 0.1) is 5.82 Å². The van der Waals surface area contributed by atoms with Gasteiger partial charge in [-0.15, -0.1) is 0 Å². The molecule has 3 rings (SSSR count). The van der Waals surface area contributed by atoms with Crippen molar-refractivity contribution in [3.63, 3.8) is 0 Å². The number of aromatic hydroxyl groups is 1. The van der Waals surface area contributed by atoms with Gasteiger partial charge in [0.25, 0.3) is 0 Å². The molecule has 0 bridgehead atoms. The third-order valence-electron chi connectivity index (χ3n) is 4.14. The van der Waals surface area contributed by atoms with Crippen molar-refractivity contribution in [1.82, 2.24) is 0 Å². The van der Waals surface area contributed by atoms with Crippen molar-refractivity contribution in [2.45, 2.75) is 13.8 Å². The first kappa shape index (κ1) is 19.1. The predicted octanol–water partition coefficient (Wildman–Crippen LogP) is 4.78. The molecule has 0 aliphatic heterocycles. The van der Waals surface area contributed by atoms with Gasteiger partial charge in [-0.3, -0.25) is 9.59 Å². The molecule has 142 valence electrons. The lowest BCUT2D eigenvalue weighted by Gasteiger charge is -2.12. The third-order valence-corrected chi connectivity index (χ3v) is 4.14. The molecule has 0 aliphatic rings. The van der Waals surface area contributed by atoms with Crippen LogP contribution >= 0.6 is 0 Å². The first-order chi connectivity index (χ1) is 13.3. The van der Waals surface area contributed by atoms with Crippen molar-refractivity contribution < 1.29 is 19.1 Å². The van der Waals surface area contributed by atoms with E-state index in [1.165, 1.54) is 26.0 Å². The molecule has 0 aliphatic carbocycles. The highest BCUT2D eigenvalue weighted by Gasteiger charge is 2.13. The minimum absolute atomic E-state index is 0.0152. The highest BCUT2D eigenvalue weighted by atomic mass is 19.1. The van der Waals surface area contributed by atoms with Crippen LogP contribution in [-0.4, -0.2) is 16.9 Å². The number of para-hydroxylation sites is 1. The molecule has 5 nitrogen and oxygen atoms in total. The maximum absolute atomic E-state index is 14.3. The van der Waals surface area contributed by atoms with Crippen molar-refractivity contribution >= 4 is 23.2 Å². The zero-order valence-electron chi connectivity index (χ0n) is 15.4. The largest absolute Gasteiger partial charge is 0.507 e. The number of carbonyl (C=O) groups excluding carboxylic acids is 2. The van der Waals surface area contributed by atoms with E-state index in [2.05, 4.69) is 10.6 Å². The Balaban J connectivity index is 1.96. The number of benzene rings is 3. The molecule has 3 aromatic rings. The van der Waals surface area contributed by atoms with E-state index in [0.717, 1.165) is 5.56 Å². The normalized spacial score (nSPS) is 10.4. The Morgan fingerprint density at radius 3 is 1.96 bits per heavy atom. The molecule has 0 saturated heterocycles. The average molecular weight is 378 g/mol. The Labute approximate surface area is 161 Å². The maximum Gasteiger partial charge on any atom is 0.221 e. The molecule has 0 atom stereocenters. The molecule has 6 heteroatoms. The summed E-state index contributed by atoms with van der Waals surface area (Å²) in [6.45, 7) is 2.74. The topological polar surface area (TPSA) is 78.4 Å². The zero-order valence-corrected chi connectivity index (χ0v) is 15.4. The molecule has 0 unspecified atom stereocenters. The Kier molecular flexibility index (Phi) is 5.40. The standard InChI is InChI=1S/C22H19FN2O3/c1-13(26)24-17-9-6-15(7-10-17)18-4-3-5-19(22(18)28)16-8-11-21(20(23)12-16)25-14(2)27/h3-12,28H,1-2H3,(H,24,26)(H,25,27).